The average molecular weight is 579 g/mol. The van der Waals surface area contributed by atoms with Crippen LogP contribution in [-0.2, 0) is 14.3 Å². The number of hydrogen-bond acceptors (Lipinski definition) is 8. The number of carbonyl (C=O) groups is 3. The first-order valence-corrected chi connectivity index (χ1v) is 12.6. The maximum Gasteiger partial charge on any atom is 0.338 e. The van der Waals surface area contributed by atoms with Crippen LogP contribution in [0.4, 0.5) is 4.79 Å². The fourth-order valence-electron chi connectivity index (χ4n) is 3.70. The SMILES string of the molecule is CCOC(=O)C1=C(C)NC(=O)N[C@H]1c1ccc(OCC(=O)N/N=C\c2cc(Cl)c(OCC)c(Cl)c2)c(OC)c1. The van der Waals surface area contributed by atoms with Gasteiger partial charge in [-0.15, -0.1) is 0 Å². The third kappa shape index (κ3) is 7.55. The van der Waals surface area contributed by atoms with Gasteiger partial charge in [0.05, 0.1) is 48.2 Å². The highest BCUT2D eigenvalue weighted by Gasteiger charge is 2.32. The second kappa shape index (κ2) is 13.7. The van der Waals surface area contributed by atoms with Gasteiger partial charge >= 0.3 is 12.0 Å². The van der Waals surface area contributed by atoms with Crippen molar-refractivity contribution in [2.45, 2.75) is 26.8 Å². The molecule has 13 heteroatoms. The molecule has 1 atom stereocenters. The Morgan fingerprint density at radius 2 is 1.79 bits per heavy atom. The Hall–Kier alpha value is -3.96. The van der Waals surface area contributed by atoms with Crippen LogP contribution >= 0.6 is 23.2 Å². The summed E-state index contributed by atoms with van der Waals surface area (Å²) in [5, 5.41) is 9.83. The molecule has 0 aromatic heterocycles. The summed E-state index contributed by atoms with van der Waals surface area (Å²) in [6.07, 6.45) is 1.38. The zero-order chi connectivity index (χ0) is 28.5. The molecule has 11 nitrogen and oxygen atoms in total. The van der Waals surface area contributed by atoms with Crippen LogP contribution in [0.5, 0.6) is 17.2 Å². The number of methoxy groups -OCH3 is 1. The normalized spacial score (nSPS) is 14.9. The van der Waals surface area contributed by atoms with E-state index in [1.807, 2.05) is 6.92 Å². The Balaban J connectivity index is 1.67. The number of nitrogens with zero attached hydrogens (tertiary/aromatic N) is 1. The number of allylic oxidation sites excluding steroid dienone is 1. The van der Waals surface area contributed by atoms with Crippen LogP contribution in [0.25, 0.3) is 0 Å². The molecule has 1 heterocycles. The molecule has 0 saturated carbocycles. The molecule has 3 N–H and O–H groups in total. The summed E-state index contributed by atoms with van der Waals surface area (Å²) < 4.78 is 21.5. The molecule has 2 aromatic carbocycles. The highest BCUT2D eigenvalue weighted by atomic mass is 35.5. The van der Waals surface area contributed by atoms with Crippen molar-refractivity contribution in [2.24, 2.45) is 5.10 Å². The van der Waals surface area contributed by atoms with Crippen molar-refractivity contribution in [3.05, 3.63) is 62.8 Å². The van der Waals surface area contributed by atoms with Crippen LogP contribution in [0.2, 0.25) is 10.0 Å². The maximum atomic E-state index is 12.5. The molecule has 0 unspecified atom stereocenters. The first-order valence-electron chi connectivity index (χ1n) is 11.9. The Morgan fingerprint density at radius 1 is 1.08 bits per heavy atom. The van der Waals surface area contributed by atoms with E-state index in [1.54, 1.807) is 44.2 Å². The number of halogens is 2. The Morgan fingerprint density at radius 3 is 2.44 bits per heavy atom. The van der Waals surface area contributed by atoms with Crippen molar-refractivity contribution in [2.75, 3.05) is 26.9 Å². The average Bonchev–Trinajstić information content (AvgIpc) is 2.89. The molecule has 0 bridgehead atoms. The number of hydrazone groups is 1. The van der Waals surface area contributed by atoms with Gasteiger partial charge in [0, 0.05) is 5.70 Å². The van der Waals surface area contributed by atoms with Crippen molar-refractivity contribution in [1.82, 2.24) is 16.1 Å². The molecule has 0 fully saturated rings. The summed E-state index contributed by atoms with van der Waals surface area (Å²) in [5.74, 6) is -0.158. The van der Waals surface area contributed by atoms with E-state index in [1.165, 1.54) is 13.3 Å². The third-order valence-corrected chi connectivity index (χ3v) is 5.92. The predicted octanol–water partition coefficient (Wildman–Crippen LogP) is 4.12. The van der Waals surface area contributed by atoms with Crippen LogP contribution in [-0.4, -0.2) is 51.1 Å². The van der Waals surface area contributed by atoms with E-state index in [9.17, 15) is 14.4 Å². The van der Waals surface area contributed by atoms with Gasteiger partial charge in [0.2, 0.25) is 0 Å². The minimum absolute atomic E-state index is 0.181. The zero-order valence-electron chi connectivity index (χ0n) is 21.7. The van der Waals surface area contributed by atoms with Gasteiger partial charge < -0.3 is 29.6 Å². The Labute approximate surface area is 235 Å². The minimum Gasteiger partial charge on any atom is -0.493 e. The molecular weight excluding hydrogens is 551 g/mol. The smallest absolute Gasteiger partial charge is 0.338 e. The molecule has 39 heavy (non-hydrogen) atoms. The molecule has 3 rings (SSSR count). The Kier molecular flexibility index (Phi) is 10.4. The number of urea groups is 1. The standard InChI is InChI=1S/C26H28Cl2N4O7/c1-5-37-24-17(27)9-15(10-18(24)28)12-29-32-21(33)13-39-19-8-7-16(11-20(19)36-4)23-22(25(34)38-6-2)14(3)30-26(35)31-23/h7-12,23H,5-6,13H2,1-4H3,(H,32,33)(H2,30,31,35)/b29-12-/t23-/m0/s1. The second-order valence-corrected chi connectivity index (χ2v) is 8.84. The lowest BCUT2D eigenvalue weighted by molar-refractivity contribution is -0.139. The van der Waals surface area contributed by atoms with E-state index in [4.69, 9.17) is 42.1 Å². The van der Waals surface area contributed by atoms with Crippen molar-refractivity contribution < 1.29 is 33.3 Å². The third-order valence-electron chi connectivity index (χ3n) is 5.36. The van der Waals surface area contributed by atoms with Crippen LogP contribution in [0.3, 0.4) is 0 Å². The van der Waals surface area contributed by atoms with Crippen LogP contribution in [0, 0.1) is 0 Å². The van der Waals surface area contributed by atoms with Crippen molar-refractivity contribution in [3.63, 3.8) is 0 Å². The van der Waals surface area contributed by atoms with E-state index in [0.717, 1.165) is 0 Å². The van der Waals surface area contributed by atoms with Gasteiger partial charge in [0.25, 0.3) is 5.91 Å². The highest BCUT2D eigenvalue weighted by molar-refractivity contribution is 6.37. The topological polar surface area (TPSA) is 137 Å². The molecule has 0 aliphatic carbocycles. The molecule has 0 radical (unpaired) electrons. The van der Waals surface area contributed by atoms with Gasteiger partial charge in [-0.1, -0.05) is 29.3 Å². The van der Waals surface area contributed by atoms with Gasteiger partial charge in [0.1, 0.15) is 0 Å². The number of esters is 1. The predicted molar refractivity (Wildman–Crippen MR) is 146 cm³/mol. The van der Waals surface area contributed by atoms with Gasteiger partial charge in [-0.25, -0.2) is 15.0 Å². The summed E-state index contributed by atoms with van der Waals surface area (Å²) in [7, 11) is 1.43. The second-order valence-electron chi connectivity index (χ2n) is 8.03. The highest BCUT2D eigenvalue weighted by Crippen LogP contribution is 2.35. The first kappa shape index (κ1) is 29.6. The molecule has 0 saturated heterocycles. The summed E-state index contributed by atoms with van der Waals surface area (Å²) in [4.78, 5) is 36.9. The maximum absolute atomic E-state index is 12.5. The molecule has 1 aliphatic heterocycles. The van der Waals surface area contributed by atoms with Gasteiger partial charge in [-0.05, 0) is 56.2 Å². The van der Waals surface area contributed by atoms with Crippen LogP contribution in [0.1, 0.15) is 37.9 Å². The van der Waals surface area contributed by atoms with E-state index in [2.05, 4.69) is 21.2 Å². The van der Waals surface area contributed by atoms with Crippen molar-refractivity contribution >= 4 is 47.3 Å². The zero-order valence-corrected chi connectivity index (χ0v) is 23.2. The summed E-state index contributed by atoms with van der Waals surface area (Å²) >= 11 is 12.3. The number of amides is 3. The van der Waals surface area contributed by atoms with Gasteiger partial charge in [-0.2, -0.15) is 5.10 Å². The molecule has 2 aromatic rings. The van der Waals surface area contributed by atoms with Crippen molar-refractivity contribution in [1.29, 1.82) is 0 Å². The molecule has 208 valence electrons. The minimum atomic E-state index is -0.775. The number of nitrogens with one attached hydrogen (secondary N) is 3. The van der Waals surface area contributed by atoms with Crippen LogP contribution in [0.15, 0.2) is 46.7 Å². The molecule has 0 spiro atoms. The lowest BCUT2D eigenvalue weighted by Gasteiger charge is -2.28. The quantitative estimate of drug-likeness (QED) is 0.207. The van der Waals surface area contributed by atoms with Crippen molar-refractivity contribution in [3.8, 4) is 17.2 Å². The van der Waals surface area contributed by atoms with E-state index >= 15 is 0 Å². The Bertz CT molecular complexity index is 1290. The van der Waals surface area contributed by atoms with Gasteiger partial charge in [-0.3, -0.25) is 4.79 Å². The van der Waals surface area contributed by atoms with Crippen LogP contribution < -0.4 is 30.3 Å². The summed E-state index contributed by atoms with van der Waals surface area (Å²) in [6.45, 7) is 5.36. The largest absolute Gasteiger partial charge is 0.493 e. The molecule has 1 aliphatic rings. The summed E-state index contributed by atoms with van der Waals surface area (Å²) in [6, 6.07) is 6.79. The lowest BCUT2D eigenvalue weighted by Crippen LogP contribution is -2.45. The van der Waals surface area contributed by atoms with E-state index in [0.29, 0.717) is 39.2 Å². The number of ether oxygens (including phenoxy) is 4. The summed E-state index contributed by atoms with van der Waals surface area (Å²) in [5.41, 5.74) is 4.11. The molecular formula is C26H28Cl2N4O7. The lowest BCUT2D eigenvalue weighted by atomic mass is 9.95. The number of rotatable bonds is 11. The number of carbonyl (C=O) groups excluding carboxylic acids is 3. The number of benzene rings is 2. The van der Waals surface area contributed by atoms with E-state index in [-0.39, 0.29) is 30.3 Å². The molecule has 3 amide bonds. The fraction of sp³-hybridized carbons (Fsp3) is 0.308. The van der Waals surface area contributed by atoms with Gasteiger partial charge in [0.15, 0.2) is 23.9 Å². The monoisotopic (exact) mass is 578 g/mol. The fourth-order valence-corrected chi connectivity index (χ4v) is 4.31. The van der Waals surface area contributed by atoms with E-state index < -0.39 is 23.9 Å². The first-order chi connectivity index (χ1) is 18.7. The number of hydrogen-bond donors (Lipinski definition) is 3.